The molecule has 39 heavy (non-hydrogen) atoms. The fraction of sp³-hybridized carbons (Fsp3) is 0. The molecule has 0 atom stereocenters. The van der Waals surface area contributed by atoms with Crippen molar-refractivity contribution in [3.8, 4) is 28.3 Å². The maximum atomic E-state index is 5.18. The highest BCUT2D eigenvalue weighted by atomic mass is 15.1. The number of imidazole rings is 1. The van der Waals surface area contributed by atoms with Crippen LogP contribution in [0.1, 0.15) is 0 Å². The number of aromatic nitrogens is 4. The topological polar surface area (TPSA) is 43.6 Å². The summed E-state index contributed by atoms with van der Waals surface area (Å²) in [5.41, 5.74) is 7.79. The molecule has 0 fully saturated rings. The Kier molecular flexibility index (Phi) is 4.79. The quantitative estimate of drug-likeness (QED) is 0.229. The van der Waals surface area contributed by atoms with E-state index < -0.39 is 0 Å². The summed E-state index contributed by atoms with van der Waals surface area (Å²) >= 11 is 0. The third kappa shape index (κ3) is 3.42. The van der Waals surface area contributed by atoms with Gasteiger partial charge in [-0.25, -0.2) is 9.97 Å². The third-order valence-electron chi connectivity index (χ3n) is 7.42. The lowest BCUT2D eigenvalue weighted by Gasteiger charge is -2.11. The highest BCUT2D eigenvalue weighted by molar-refractivity contribution is 6.23. The first kappa shape index (κ1) is 21.7. The van der Waals surface area contributed by atoms with Gasteiger partial charge in [-0.1, -0.05) is 103 Å². The van der Waals surface area contributed by atoms with Crippen molar-refractivity contribution in [3.63, 3.8) is 0 Å². The Morgan fingerprint density at radius 1 is 0.487 bits per heavy atom. The molecular formula is C35H22N4. The molecule has 0 N–H and O–H groups in total. The largest absolute Gasteiger partial charge is 0.292 e. The first-order valence-electron chi connectivity index (χ1n) is 13.0. The lowest BCUT2D eigenvalue weighted by molar-refractivity contribution is 1.10. The van der Waals surface area contributed by atoms with E-state index in [2.05, 4.69) is 108 Å². The molecule has 8 aromatic rings. The zero-order valence-corrected chi connectivity index (χ0v) is 21.0. The Morgan fingerprint density at radius 2 is 1.10 bits per heavy atom. The van der Waals surface area contributed by atoms with Crippen LogP contribution in [0.4, 0.5) is 0 Å². The number of hydrogen-bond donors (Lipinski definition) is 0. The Hall–Kier alpha value is -5.35. The van der Waals surface area contributed by atoms with Gasteiger partial charge < -0.3 is 0 Å². The lowest BCUT2D eigenvalue weighted by Crippen LogP contribution is -1.97. The summed E-state index contributed by atoms with van der Waals surface area (Å²) in [6.07, 6.45) is 1.89. The molecule has 4 heteroatoms. The van der Waals surface area contributed by atoms with Gasteiger partial charge in [-0.15, -0.1) is 0 Å². The van der Waals surface area contributed by atoms with Crippen molar-refractivity contribution >= 4 is 43.6 Å². The SMILES string of the molecule is c1ccc(-c2nc3cc(-c4cnc5c6ccccc6c6ccccc6c5n4)ccc3n2-c2ccccc2)cc1. The van der Waals surface area contributed by atoms with Gasteiger partial charge in [-0.3, -0.25) is 9.55 Å². The Labute approximate surface area is 224 Å². The molecule has 0 amide bonds. The number of rotatable bonds is 3. The standard InChI is InChI=1S/C35H22N4/c1-3-11-23(12-4-1)35-38-30-21-24(19-20-32(30)39(35)25-13-5-2-6-14-25)31-22-36-33-28-17-9-7-15-26(28)27-16-8-10-18-29(27)34(33)37-31/h1-22H. The van der Waals surface area contributed by atoms with E-state index >= 15 is 0 Å². The molecule has 0 unspecified atom stereocenters. The second kappa shape index (κ2) is 8.61. The van der Waals surface area contributed by atoms with Crippen LogP contribution in [0.15, 0.2) is 134 Å². The van der Waals surface area contributed by atoms with Gasteiger partial charge in [-0.2, -0.15) is 0 Å². The van der Waals surface area contributed by atoms with Crippen LogP contribution in [-0.4, -0.2) is 19.5 Å². The van der Waals surface area contributed by atoms with Gasteiger partial charge in [0.25, 0.3) is 0 Å². The Balaban J connectivity index is 1.36. The average Bonchev–Trinajstić information content (AvgIpc) is 3.41. The smallest absolute Gasteiger partial charge is 0.145 e. The number of nitrogens with zero attached hydrogens (tertiary/aromatic N) is 4. The molecule has 0 spiro atoms. The van der Waals surface area contributed by atoms with Crippen LogP contribution >= 0.6 is 0 Å². The van der Waals surface area contributed by atoms with E-state index in [0.29, 0.717) is 0 Å². The molecule has 0 saturated heterocycles. The minimum Gasteiger partial charge on any atom is -0.292 e. The number of fused-ring (bicyclic) bond motifs is 7. The predicted octanol–water partition coefficient (Wildman–Crippen LogP) is 8.61. The van der Waals surface area contributed by atoms with Gasteiger partial charge in [0.2, 0.25) is 0 Å². The average molecular weight is 499 g/mol. The summed E-state index contributed by atoms with van der Waals surface area (Å²) in [6, 6.07) is 44.0. The van der Waals surface area contributed by atoms with Crippen LogP contribution in [0, 0.1) is 0 Å². The monoisotopic (exact) mass is 498 g/mol. The van der Waals surface area contributed by atoms with Crippen molar-refractivity contribution in [1.29, 1.82) is 0 Å². The molecule has 0 aliphatic rings. The fourth-order valence-corrected chi connectivity index (χ4v) is 5.62. The molecule has 2 heterocycles. The molecule has 0 radical (unpaired) electrons. The molecule has 0 bridgehead atoms. The fourth-order valence-electron chi connectivity index (χ4n) is 5.62. The van der Waals surface area contributed by atoms with Gasteiger partial charge in [0.15, 0.2) is 0 Å². The van der Waals surface area contributed by atoms with Gasteiger partial charge in [-0.05, 0) is 35.0 Å². The van der Waals surface area contributed by atoms with Crippen molar-refractivity contribution in [2.75, 3.05) is 0 Å². The van der Waals surface area contributed by atoms with E-state index in [0.717, 1.165) is 61.2 Å². The van der Waals surface area contributed by atoms with Crippen molar-refractivity contribution in [1.82, 2.24) is 19.5 Å². The highest BCUT2D eigenvalue weighted by Gasteiger charge is 2.16. The molecule has 8 rings (SSSR count). The molecule has 6 aromatic carbocycles. The van der Waals surface area contributed by atoms with Crippen molar-refractivity contribution in [2.45, 2.75) is 0 Å². The Morgan fingerprint density at radius 3 is 1.82 bits per heavy atom. The maximum absolute atomic E-state index is 5.18. The van der Waals surface area contributed by atoms with Crippen LogP contribution in [0.2, 0.25) is 0 Å². The van der Waals surface area contributed by atoms with Crippen LogP contribution in [0.3, 0.4) is 0 Å². The van der Waals surface area contributed by atoms with Crippen LogP contribution in [0.25, 0.3) is 71.9 Å². The third-order valence-corrected chi connectivity index (χ3v) is 7.42. The predicted molar refractivity (Wildman–Crippen MR) is 160 cm³/mol. The van der Waals surface area contributed by atoms with Gasteiger partial charge in [0.1, 0.15) is 5.82 Å². The van der Waals surface area contributed by atoms with Crippen LogP contribution in [0.5, 0.6) is 0 Å². The molecule has 0 aliphatic heterocycles. The molecule has 0 aliphatic carbocycles. The van der Waals surface area contributed by atoms with Crippen LogP contribution < -0.4 is 0 Å². The molecule has 0 saturated carbocycles. The van der Waals surface area contributed by atoms with Gasteiger partial charge >= 0.3 is 0 Å². The van der Waals surface area contributed by atoms with E-state index in [1.165, 1.54) is 10.8 Å². The second-order valence-corrected chi connectivity index (χ2v) is 9.72. The van der Waals surface area contributed by atoms with E-state index in [9.17, 15) is 0 Å². The molecule has 2 aromatic heterocycles. The normalized spacial score (nSPS) is 11.6. The lowest BCUT2D eigenvalue weighted by atomic mass is 9.99. The minimum atomic E-state index is 0.834. The zero-order valence-electron chi connectivity index (χ0n) is 21.0. The van der Waals surface area contributed by atoms with E-state index in [-0.39, 0.29) is 0 Å². The van der Waals surface area contributed by atoms with E-state index in [4.69, 9.17) is 15.0 Å². The Bertz CT molecular complexity index is 2130. The summed E-state index contributed by atoms with van der Waals surface area (Å²) < 4.78 is 2.22. The number of benzene rings is 6. The first-order valence-corrected chi connectivity index (χ1v) is 13.0. The first-order chi connectivity index (χ1) is 19.3. The number of para-hydroxylation sites is 1. The van der Waals surface area contributed by atoms with E-state index in [1.54, 1.807) is 0 Å². The zero-order chi connectivity index (χ0) is 25.8. The molecular weight excluding hydrogens is 476 g/mol. The van der Waals surface area contributed by atoms with Crippen molar-refractivity contribution in [2.24, 2.45) is 0 Å². The number of hydrogen-bond acceptors (Lipinski definition) is 3. The summed E-state index contributed by atoms with van der Waals surface area (Å²) in [5.74, 6) is 0.913. The second-order valence-electron chi connectivity index (χ2n) is 9.72. The molecule has 4 nitrogen and oxygen atoms in total. The van der Waals surface area contributed by atoms with Gasteiger partial charge in [0, 0.05) is 27.6 Å². The highest BCUT2D eigenvalue weighted by Crippen LogP contribution is 2.35. The minimum absolute atomic E-state index is 0.834. The summed E-state index contributed by atoms with van der Waals surface area (Å²) in [6.45, 7) is 0. The maximum Gasteiger partial charge on any atom is 0.145 e. The summed E-state index contributed by atoms with van der Waals surface area (Å²) in [5, 5.41) is 4.62. The van der Waals surface area contributed by atoms with Gasteiger partial charge in [0.05, 0.1) is 34.0 Å². The van der Waals surface area contributed by atoms with E-state index in [1.807, 2.05) is 30.5 Å². The van der Waals surface area contributed by atoms with Crippen LogP contribution in [-0.2, 0) is 0 Å². The summed E-state index contributed by atoms with van der Waals surface area (Å²) in [4.78, 5) is 15.2. The molecule has 182 valence electrons. The van der Waals surface area contributed by atoms with Crippen molar-refractivity contribution < 1.29 is 0 Å². The summed E-state index contributed by atoms with van der Waals surface area (Å²) in [7, 11) is 0. The van der Waals surface area contributed by atoms with Crippen molar-refractivity contribution in [3.05, 3.63) is 134 Å².